The van der Waals surface area contributed by atoms with Gasteiger partial charge in [0.25, 0.3) is 0 Å². The van der Waals surface area contributed by atoms with Crippen LogP contribution in [-0.2, 0) is 16.9 Å². The van der Waals surface area contributed by atoms with Gasteiger partial charge in [0.05, 0.1) is 5.60 Å². The lowest BCUT2D eigenvalue weighted by molar-refractivity contribution is -0.114. The molecule has 1 heterocycles. The third kappa shape index (κ3) is 3.49. The number of aromatic nitrogens is 1. The van der Waals surface area contributed by atoms with Gasteiger partial charge in [0.15, 0.2) is 0 Å². The lowest BCUT2D eigenvalue weighted by Gasteiger charge is -2.18. The average molecular weight is 322 g/mol. The zero-order chi connectivity index (χ0) is 17.3. The van der Waals surface area contributed by atoms with E-state index in [9.17, 15) is 9.90 Å². The van der Waals surface area contributed by atoms with Crippen molar-refractivity contribution in [3.05, 3.63) is 65.9 Å². The van der Waals surface area contributed by atoms with Crippen LogP contribution in [0, 0.1) is 0 Å². The van der Waals surface area contributed by atoms with Crippen LogP contribution in [0.2, 0.25) is 0 Å². The minimum Gasteiger partial charge on any atom is -0.386 e. The Morgan fingerprint density at radius 3 is 2.46 bits per heavy atom. The number of carbonyl (C=O) groups is 1. The summed E-state index contributed by atoms with van der Waals surface area (Å²) in [6, 6.07) is 16.0. The minimum atomic E-state index is -0.821. The molecule has 3 rings (SSSR count). The molecule has 0 atom stereocenters. The molecule has 3 aromatic rings. The van der Waals surface area contributed by atoms with Crippen LogP contribution in [0.4, 0.5) is 5.69 Å². The molecule has 4 nitrogen and oxygen atoms in total. The number of carbonyl (C=O) groups excluding carboxylic acids is 1. The van der Waals surface area contributed by atoms with Gasteiger partial charge in [0.1, 0.15) is 0 Å². The fourth-order valence-electron chi connectivity index (χ4n) is 2.83. The molecular formula is C20H22N2O2. The third-order valence-corrected chi connectivity index (χ3v) is 4.10. The fraction of sp³-hybridized carbons (Fsp3) is 0.250. The number of amides is 1. The second-order valence-electron chi connectivity index (χ2n) is 6.65. The molecule has 0 radical (unpaired) electrons. The van der Waals surface area contributed by atoms with Crippen LogP contribution < -0.4 is 5.32 Å². The summed E-state index contributed by atoms with van der Waals surface area (Å²) in [6.07, 6.45) is 2.05. The smallest absolute Gasteiger partial charge is 0.221 e. The molecule has 0 saturated carbocycles. The molecule has 2 aromatic carbocycles. The van der Waals surface area contributed by atoms with Gasteiger partial charge < -0.3 is 15.0 Å². The Kier molecular flexibility index (Phi) is 4.16. The van der Waals surface area contributed by atoms with E-state index in [0.717, 1.165) is 28.7 Å². The molecule has 0 unspecified atom stereocenters. The van der Waals surface area contributed by atoms with Gasteiger partial charge >= 0.3 is 0 Å². The predicted octanol–water partition coefficient (Wildman–Crippen LogP) is 3.88. The van der Waals surface area contributed by atoms with E-state index in [4.69, 9.17) is 0 Å². The van der Waals surface area contributed by atoms with Gasteiger partial charge in [-0.15, -0.1) is 0 Å². The number of benzene rings is 2. The topological polar surface area (TPSA) is 54.3 Å². The normalized spacial score (nSPS) is 11.7. The molecule has 1 amide bonds. The maximum absolute atomic E-state index is 11.2. The summed E-state index contributed by atoms with van der Waals surface area (Å²) in [7, 11) is 0. The van der Waals surface area contributed by atoms with Crippen molar-refractivity contribution in [1.82, 2.24) is 4.57 Å². The minimum absolute atomic E-state index is 0.0688. The van der Waals surface area contributed by atoms with Gasteiger partial charge in [0, 0.05) is 36.3 Å². The summed E-state index contributed by atoms with van der Waals surface area (Å²) in [5.74, 6) is -0.0688. The van der Waals surface area contributed by atoms with Gasteiger partial charge in [-0.1, -0.05) is 24.3 Å². The molecule has 0 spiro atoms. The molecule has 0 aliphatic rings. The van der Waals surface area contributed by atoms with Crippen molar-refractivity contribution in [2.75, 3.05) is 5.32 Å². The standard InChI is InChI=1S/C20H22N2O2/c1-14(23)21-18-8-9-19-16(12-18)10-11-22(19)13-15-4-6-17(7-5-15)20(2,3)24/h4-12,24H,13H2,1-3H3,(H,21,23). The Balaban J connectivity index is 1.84. The van der Waals surface area contributed by atoms with E-state index in [1.54, 1.807) is 13.8 Å². The van der Waals surface area contributed by atoms with Crippen LogP contribution in [0.15, 0.2) is 54.7 Å². The first-order valence-electron chi connectivity index (χ1n) is 8.01. The number of aliphatic hydroxyl groups is 1. The summed E-state index contributed by atoms with van der Waals surface area (Å²) >= 11 is 0. The Bertz CT molecular complexity index is 871. The monoisotopic (exact) mass is 322 g/mol. The van der Waals surface area contributed by atoms with Crippen LogP contribution in [0.25, 0.3) is 10.9 Å². The number of hydrogen-bond donors (Lipinski definition) is 2. The maximum Gasteiger partial charge on any atom is 0.221 e. The lowest BCUT2D eigenvalue weighted by Crippen LogP contribution is -2.15. The molecule has 24 heavy (non-hydrogen) atoms. The largest absolute Gasteiger partial charge is 0.386 e. The maximum atomic E-state index is 11.2. The number of hydrogen-bond acceptors (Lipinski definition) is 2. The summed E-state index contributed by atoms with van der Waals surface area (Å²) in [4.78, 5) is 11.2. The molecule has 4 heteroatoms. The fourth-order valence-corrected chi connectivity index (χ4v) is 2.83. The number of nitrogens with zero attached hydrogens (tertiary/aromatic N) is 1. The van der Waals surface area contributed by atoms with Crippen LogP contribution >= 0.6 is 0 Å². The molecule has 2 N–H and O–H groups in total. The lowest BCUT2D eigenvalue weighted by atomic mass is 9.97. The molecule has 0 bridgehead atoms. The molecule has 0 aliphatic heterocycles. The Hall–Kier alpha value is -2.59. The Morgan fingerprint density at radius 1 is 1.12 bits per heavy atom. The van der Waals surface area contributed by atoms with Gasteiger partial charge in [0.2, 0.25) is 5.91 Å². The first-order valence-corrected chi connectivity index (χ1v) is 8.01. The molecule has 0 saturated heterocycles. The van der Waals surface area contributed by atoms with Crippen molar-refractivity contribution in [2.24, 2.45) is 0 Å². The molecule has 0 aliphatic carbocycles. The molecule has 124 valence electrons. The van der Waals surface area contributed by atoms with Crippen LogP contribution in [-0.4, -0.2) is 15.6 Å². The quantitative estimate of drug-likeness (QED) is 0.766. The van der Waals surface area contributed by atoms with E-state index < -0.39 is 5.60 Å². The van der Waals surface area contributed by atoms with Gasteiger partial charge in [-0.05, 0) is 49.2 Å². The highest BCUT2D eigenvalue weighted by atomic mass is 16.3. The van der Waals surface area contributed by atoms with E-state index >= 15 is 0 Å². The van der Waals surface area contributed by atoms with Gasteiger partial charge in [-0.3, -0.25) is 4.79 Å². The van der Waals surface area contributed by atoms with Crippen molar-refractivity contribution >= 4 is 22.5 Å². The van der Waals surface area contributed by atoms with Crippen LogP contribution in [0.3, 0.4) is 0 Å². The first-order chi connectivity index (χ1) is 11.3. The van der Waals surface area contributed by atoms with Gasteiger partial charge in [-0.2, -0.15) is 0 Å². The summed E-state index contributed by atoms with van der Waals surface area (Å²) in [6.45, 7) is 5.84. The summed E-state index contributed by atoms with van der Waals surface area (Å²) < 4.78 is 2.17. The summed E-state index contributed by atoms with van der Waals surface area (Å²) in [5, 5.41) is 13.9. The Morgan fingerprint density at radius 2 is 1.83 bits per heavy atom. The highest BCUT2D eigenvalue weighted by molar-refractivity contribution is 5.92. The highest BCUT2D eigenvalue weighted by Crippen LogP contribution is 2.23. The number of anilines is 1. The number of rotatable bonds is 4. The van der Waals surface area contributed by atoms with Gasteiger partial charge in [-0.25, -0.2) is 0 Å². The van der Waals surface area contributed by atoms with E-state index in [1.165, 1.54) is 12.5 Å². The van der Waals surface area contributed by atoms with E-state index in [0.29, 0.717) is 0 Å². The average Bonchev–Trinajstić information content (AvgIpc) is 2.88. The van der Waals surface area contributed by atoms with Crippen LogP contribution in [0.1, 0.15) is 31.9 Å². The first kappa shape index (κ1) is 16.3. The highest BCUT2D eigenvalue weighted by Gasteiger charge is 2.15. The number of fused-ring (bicyclic) bond motifs is 1. The van der Waals surface area contributed by atoms with Crippen molar-refractivity contribution in [3.63, 3.8) is 0 Å². The van der Waals surface area contributed by atoms with Crippen molar-refractivity contribution in [3.8, 4) is 0 Å². The number of nitrogens with one attached hydrogen (secondary N) is 1. The third-order valence-electron chi connectivity index (χ3n) is 4.10. The molecule has 0 fully saturated rings. The molecular weight excluding hydrogens is 300 g/mol. The molecule has 1 aromatic heterocycles. The summed E-state index contributed by atoms with van der Waals surface area (Å²) in [5.41, 5.74) is 3.19. The van der Waals surface area contributed by atoms with E-state index in [2.05, 4.69) is 9.88 Å². The van der Waals surface area contributed by atoms with Crippen molar-refractivity contribution in [2.45, 2.75) is 32.9 Å². The van der Waals surface area contributed by atoms with Crippen LogP contribution in [0.5, 0.6) is 0 Å². The van der Waals surface area contributed by atoms with E-state index in [1.807, 2.05) is 54.7 Å². The van der Waals surface area contributed by atoms with Crippen molar-refractivity contribution in [1.29, 1.82) is 0 Å². The second-order valence-corrected chi connectivity index (χ2v) is 6.65. The zero-order valence-electron chi connectivity index (χ0n) is 14.2. The Labute approximate surface area is 141 Å². The van der Waals surface area contributed by atoms with E-state index in [-0.39, 0.29) is 5.91 Å². The second kappa shape index (κ2) is 6.13. The SMILES string of the molecule is CC(=O)Nc1ccc2c(ccn2Cc2ccc(C(C)(C)O)cc2)c1. The predicted molar refractivity (Wildman–Crippen MR) is 97.0 cm³/mol. The van der Waals surface area contributed by atoms with Crippen molar-refractivity contribution < 1.29 is 9.90 Å². The zero-order valence-corrected chi connectivity index (χ0v) is 14.2.